The van der Waals surface area contributed by atoms with Crippen molar-refractivity contribution in [1.29, 1.82) is 0 Å². The molecule has 0 radical (unpaired) electrons. The molecule has 0 spiro atoms. The van der Waals surface area contributed by atoms with Gasteiger partial charge in [0.1, 0.15) is 0 Å². The first-order chi connectivity index (χ1) is 14.0. The average molecular weight is 396 g/mol. The molecule has 1 saturated carbocycles. The van der Waals surface area contributed by atoms with Crippen molar-refractivity contribution >= 4 is 11.6 Å². The zero-order valence-corrected chi connectivity index (χ0v) is 17.1. The van der Waals surface area contributed by atoms with Crippen LogP contribution in [0.25, 0.3) is 0 Å². The van der Waals surface area contributed by atoms with E-state index < -0.39 is 6.10 Å². The summed E-state index contributed by atoms with van der Waals surface area (Å²) in [6, 6.07) is 5.86. The maximum atomic E-state index is 12.5. The van der Waals surface area contributed by atoms with Crippen molar-refractivity contribution < 1.29 is 19.1 Å². The molecule has 1 unspecified atom stereocenters. The number of nitrogens with zero attached hydrogens (tertiary/aromatic N) is 1. The zero-order chi connectivity index (χ0) is 20.0. The Hall–Kier alpha value is -2.50. The molecule has 2 aliphatic heterocycles. The predicted octanol–water partition coefficient (Wildman–Crippen LogP) is 3.60. The van der Waals surface area contributed by atoms with Gasteiger partial charge in [0.05, 0.1) is 5.71 Å². The Labute approximate surface area is 171 Å². The summed E-state index contributed by atoms with van der Waals surface area (Å²) in [4.78, 5) is 17.9. The third kappa shape index (κ3) is 3.38. The minimum atomic E-state index is -0.524. The van der Waals surface area contributed by atoms with Crippen molar-refractivity contribution in [2.75, 3.05) is 13.3 Å². The first-order valence-corrected chi connectivity index (χ1v) is 10.6. The lowest BCUT2D eigenvalue weighted by atomic mass is 9.48. The second-order valence-electron chi connectivity index (χ2n) is 9.18. The molecule has 6 rings (SSSR count). The maximum Gasteiger partial charge on any atom is 0.264 e. The average Bonchev–Trinajstić information content (AvgIpc) is 3.37. The summed E-state index contributed by atoms with van der Waals surface area (Å²) in [6.45, 7) is 5.69. The largest absolute Gasteiger partial charge is 0.454 e. The molecule has 3 atom stereocenters. The van der Waals surface area contributed by atoms with Gasteiger partial charge in [-0.1, -0.05) is 36.7 Å². The summed E-state index contributed by atoms with van der Waals surface area (Å²) in [5, 5.41) is 7.18. The summed E-state index contributed by atoms with van der Waals surface area (Å²) < 4.78 is 10.8. The second kappa shape index (κ2) is 7.08. The van der Waals surface area contributed by atoms with Gasteiger partial charge in [0, 0.05) is 19.4 Å². The highest BCUT2D eigenvalue weighted by Crippen LogP contribution is 2.59. The van der Waals surface area contributed by atoms with Crippen LogP contribution < -0.4 is 14.8 Å². The van der Waals surface area contributed by atoms with Crippen LogP contribution in [-0.2, 0) is 16.1 Å². The van der Waals surface area contributed by atoms with E-state index in [0.717, 1.165) is 35.1 Å². The predicted molar refractivity (Wildman–Crippen MR) is 109 cm³/mol. The molecule has 2 bridgehead atoms. The Balaban J connectivity index is 1.08. The number of carbonyl (C=O) groups is 1. The highest BCUT2D eigenvalue weighted by Gasteiger charge is 2.50. The van der Waals surface area contributed by atoms with Crippen molar-refractivity contribution in [3.8, 4) is 11.5 Å². The fourth-order valence-corrected chi connectivity index (χ4v) is 5.16. The minimum absolute atomic E-state index is 0.0726. The van der Waals surface area contributed by atoms with E-state index in [1.165, 1.54) is 18.4 Å². The summed E-state index contributed by atoms with van der Waals surface area (Å²) in [5.41, 5.74) is 3.90. The SMILES string of the molecule is CC1(C)[C@H]2CC=C(CCNC(=O)C3CC(Cc4ccc5c(c4)OCO5)=NO3)[C@@H]1C2. The van der Waals surface area contributed by atoms with Crippen molar-refractivity contribution in [3.63, 3.8) is 0 Å². The molecule has 0 saturated heterocycles. The van der Waals surface area contributed by atoms with E-state index >= 15 is 0 Å². The highest BCUT2D eigenvalue weighted by atomic mass is 16.7. The number of oxime groups is 1. The van der Waals surface area contributed by atoms with Gasteiger partial charge in [-0.05, 0) is 54.2 Å². The van der Waals surface area contributed by atoms with Crippen LogP contribution in [0.1, 0.15) is 45.1 Å². The van der Waals surface area contributed by atoms with Crippen LogP contribution in [0.2, 0.25) is 0 Å². The number of carbonyl (C=O) groups excluding carboxylic acids is 1. The van der Waals surface area contributed by atoms with Crippen LogP contribution in [0.3, 0.4) is 0 Å². The normalized spacial score (nSPS) is 28.1. The summed E-state index contributed by atoms with van der Waals surface area (Å²) >= 11 is 0. The smallest absolute Gasteiger partial charge is 0.264 e. The van der Waals surface area contributed by atoms with Crippen LogP contribution >= 0.6 is 0 Å². The third-order valence-electron chi connectivity index (χ3n) is 7.16. The van der Waals surface area contributed by atoms with Crippen LogP contribution in [-0.4, -0.2) is 31.1 Å². The quantitative estimate of drug-likeness (QED) is 0.746. The molecule has 0 aromatic heterocycles. The van der Waals surface area contributed by atoms with Gasteiger partial charge in [0.15, 0.2) is 11.5 Å². The Morgan fingerprint density at radius 2 is 2.14 bits per heavy atom. The lowest BCUT2D eigenvalue weighted by Crippen LogP contribution is -2.48. The lowest BCUT2D eigenvalue weighted by Gasteiger charge is -2.56. The monoisotopic (exact) mass is 396 g/mol. The van der Waals surface area contributed by atoms with Gasteiger partial charge in [-0.25, -0.2) is 0 Å². The maximum absolute atomic E-state index is 12.5. The molecule has 29 heavy (non-hydrogen) atoms. The molecule has 1 aromatic carbocycles. The van der Waals surface area contributed by atoms with Crippen molar-refractivity contribution in [2.45, 2.75) is 52.1 Å². The first kappa shape index (κ1) is 18.5. The van der Waals surface area contributed by atoms with Gasteiger partial charge in [-0.2, -0.15) is 0 Å². The Morgan fingerprint density at radius 1 is 1.28 bits per heavy atom. The van der Waals surface area contributed by atoms with E-state index in [4.69, 9.17) is 14.3 Å². The van der Waals surface area contributed by atoms with E-state index in [2.05, 4.69) is 30.4 Å². The zero-order valence-electron chi connectivity index (χ0n) is 17.1. The van der Waals surface area contributed by atoms with Crippen LogP contribution in [0.4, 0.5) is 0 Å². The minimum Gasteiger partial charge on any atom is -0.454 e. The molecule has 6 nitrogen and oxygen atoms in total. The fraction of sp³-hybridized carbons (Fsp3) is 0.565. The molecule has 3 aliphatic carbocycles. The van der Waals surface area contributed by atoms with Crippen LogP contribution in [0.15, 0.2) is 35.0 Å². The second-order valence-corrected chi connectivity index (χ2v) is 9.18. The van der Waals surface area contributed by atoms with Crippen LogP contribution in [0.5, 0.6) is 11.5 Å². The van der Waals surface area contributed by atoms with Gasteiger partial charge in [-0.3, -0.25) is 4.79 Å². The molecular formula is C23H28N2O4. The van der Waals surface area contributed by atoms with E-state index in [9.17, 15) is 4.79 Å². The molecule has 1 N–H and O–H groups in total. The molecule has 6 heteroatoms. The first-order valence-electron chi connectivity index (χ1n) is 10.6. The Kier molecular flexibility index (Phi) is 4.52. The third-order valence-corrected chi connectivity index (χ3v) is 7.16. The molecule has 2 heterocycles. The number of fused-ring (bicyclic) bond motifs is 2. The number of amides is 1. The molecule has 5 aliphatic rings. The van der Waals surface area contributed by atoms with Crippen LogP contribution in [0, 0.1) is 17.3 Å². The topological polar surface area (TPSA) is 69.2 Å². The molecule has 1 amide bonds. The van der Waals surface area contributed by atoms with E-state index in [0.29, 0.717) is 30.7 Å². The molecule has 1 aromatic rings. The number of ether oxygens (including phenoxy) is 2. The van der Waals surface area contributed by atoms with E-state index in [-0.39, 0.29) is 12.7 Å². The van der Waals surface area contributed by atoms with E-state index in [1.807, 2.05) is 18.2 Å². The van der Waals surface area contributed by atoms with E-state index in [1.54, 1.807) is 0 Å². The number of benzene rings is 1. The van der Waals surface area contributed by atoms with Crippen molar-refractivity contribution in [2.24, 2.45) is 22.4 Å². The van der Waals surface area contributed by atoms with Gasteiger partial charge in [-0.15, -0.1) is 0 Å². The Bertz CT molecular complexity index is 889. The van der Waals surface area contributed by atoms with Crippen molar-refractivity contribution in [3.05, 3.63) is 35.4 Å². The Morgan fingerprint density at radius 3 is 2.97 bits per heavy atom. The molecular weight excluding hydrogens is 368 g/mol. The van der Waals surface area contributed by atoms with Gasteiger partial charge < -0.3 is 19.6 Å². The van der Waals surface area contributed by atoms with Gasteiger partial charge in [0.2, 0.25) is 12.9 Å². The summed E-state index contributed by atoms with van der Waals surface area (Å²) in [5.74, 6) is 2.99. The number of hydrogen-bond acceptors (Lipinski definition) is 5. The number of hydrogen-bond donors (Lipinski definition) is 1. The van der Waals surface area contributed by atoms with Gasteiger partial charge >= 0.3 is 0 Å². The molecule has 154 valence electrons. The summed E-state index contributed by atoms with van der Waals surface area (Å²) in [6.07, 6.45) is 6.49. The van der Waals surface area contributed by atoms with Gasteiger partial charge in [0.25, 0.3) is 5.91 Å². The standard InChI is InChI=1S/C23H28N2O4/c1-23(2)16-5-4-15(18(23)11-16)7-8-24-22(26)21-12-17(25-29-21)9-14-3-6-19-20(10-14)28-13-27-19/h3-4,6,10,16,18,21H,5,7-9,11-13H2,1-2H3,(H,24,26)/t16-,18-,21?/m0/s1. The summed E-state index contributed by atoms with van der Waals surface area (Å²) in [7, 11) is 0. The lowest BCUT2D eigenvalue weighted by molar-refractivity contribution is -0.131. The van der Waals surface area contributed by atoms with Crippen molar-refractivity contribution in [1.82, 2.24) is 5.32 Å². The highest BCUT2D eigenvalue weighted by molar-refractivity contribution is 5.94. The fourth-order valence-electron chi connectivity index (χ4n) is 5.16. The number of allylic oxidation sites excluding steroid dienone is 1. The molecule has 1 fully saturated rings. The number of nitrogens with one attached hydrogen (secondary N) is 1. The number of rotatable bonds is 6.